The van der Waals surface area contributed by atoms with Gasteiger partial charge >= 0.3 is 0 Å². The maximum absolute atomic E-state index is 5.59. The lowest BCUT2D eigenvalue weighted by atomic mass is 10.2. The van der Waals surface area contributed by atoms with Crippen LogP contribution in [-0.2, 0) is 11.3 Å². The van der Waals surface area contributed by atoms with Crippen LogP contribution in [0.5, 0.6) is 0 Å². The fourth-order valence-electron chi connectivity index (χ4n) is 2.24. The summed E-state index contributed by atoms with van der Waals surface area (Å²) in [6.45, 7) is 7.76. The van der Waals surface area contributed by atoms with E-state index in [2.05, 4.69) is 44.1 Å². The lowest BCUT2D eigenvalue weighted by molar-refractivity contribution is -0.0114. The molecular weight excluding hydrogens is 306 g/mol. The van der Waals surface area contributed by atoms with E-state index in [1.54, 1.807) is 0 Å². The van der Waals surface area contributed by atoms with E-state index in [9.17, 15) is 0 Å². The summed E-state index contributed by atoms with van der Waals surface area (Å²) in [5.41, 5.74) is 1.12. The Kier molecular flexibility index (Phi) is 6.23. The molecule has 1 unspecified atom stereocenters. The van der Waals surface area contributed by atoms with Crippen LogP contribution in [0.3, 0.4) is 0 Å². The van der Waals surface area contributed by atoms with Crippen LogP contribution in [0.4, 0.5) is 0 Å². The largest absolute Gasteiger partial charge is 0.378 e. The van der Waals surface area contributed by atoms with Crippen molar-refractivity contribution in [1.82, 2.24) is 15.2 Å². The van der Waals surface area contributed by atoms with Crippen molar-refractivity contribution in [2.24, 2.45) is 0 Å². The minimum atomic E-state index is 0.450. The second-order valence-corrected chi connectivity index (χ2v) is 5.79. The lowest BCUT2D eigenvalue weighted by Gasteiger charge is -2.35. The van der Waals surface area contributed by atoms with Gasteiger partial charge in [-0.1, -0.05) is 6.92 Å². The Bertz CT molecular complexity index is 371. The van der Waals surface area contributed by atoms with Gasteiger partial charge in [-0.3, -0.25) is 9.88 Å². The van der Waals surface area contributed by atoms with Crippen molar-refractivity contribution in [2.75, 3.05) is 32.8 Å². The fourth-order valence-corrected chi connectivity index (χ4v) is 2.47. The summed E-state index contributed by atoms with van der Waals surface area (Å²) < 4.78 is 6.62. The lowest BCUT2D eigenvalue weighted by Crippen LogP contribution is -2.50. The number of hydrogen-bond donors (Lipinski definition) is 1. The quantitative estimate of drug-likeness (QED) is 0.811. The summed E-state index contributed by atoms with van der Waals surface area (Å²) in [6, 6.07) is 4.58. The summed E-state index contributed by atoms with van der Waals surface area (Å²) in [4.78, 5) is 6.91. The maximum atomic E-state index is 5.59. The Morgan fingerprint density at radius 1 is 1.53 bits per heavy atom. The van der Waals surface area contributed by atoms with Crippen molar-refractivity contribution in [3.05, 3.63) is 28.5 Å². The number of rotatable bonds is 6. The molecule has 1 saturated heterocycles. The first-order chi connectivity index (χ1) is 9.29. The van der Waals surface area contributed by atoms with Crippen molar-refractivity contribution in [3.63, 3.8) is 0 Å². The Morgan fingerprint density at radius 2 is 2.42 bits per heavy atom. The van der Waals surface area contributed by atoms with Gasteiger partial charge in [-0.2, -0.15) is 0 Å². The van der Waals surface area contributed by atoms with E-state index in [1.807, 2.05) is 12.3 Å². The van der Waals surface area contributed by atoms with Crippen molar-refractivity contribution in [1.29, 1.82) is 0 Å². The molecule has 19 heavy (non-hydrogen) atoms. The van der Waals surface area contributed by atoms with Gasteiger partial charge in [0.2, 0.25) is 0 Å². The molecule has 2 rings (SSSR count). The first-order valence-corrected chi connectivity index (χ1v) is 7.72. The van der Waals surface area contributed by atoms with Crippen molar-refractivity contribution in [3.8, 4) is 0 Å². The molecule has 1 aliphatic rings. The van der Waals surface area contributed by atoms with Crippen LogP contribution < -0.4 is 5.32 Å². The third-order valence-corrected chi connectivity index (χ3v) is 3.78. The Hall–Kier alpha value is -0.490. The second-order valence-electron chi connectivity index (χ2n) is 4.87. The number of pyridine rings is 1. The number of morpholine rings is 1. The van der Waals surface area contributed by atoms with Crippen LogP contribution in [0.25, 0.3) is 0 Å². The molecule has 5 heteroatoms. The zero-order valence-corrected chi connectivity index (χ0v) is 13.0. The van der Waals surface area contributed by atoms with E-state index in [1.165, 1.54) is 6.42 Å². The van der Waals surface area contributed by atoms with Crippen LogP contribution in [0.1, 0.15) is 19.0 Å². The molecule has 1 aromatic rings. The molecule has 0 aromatic carbocycles. The third kappa shape index (κ3) is 4.84. The Balaban J connectivity index is 1.89. The van der Waals surface area contributed by atoms with Crippen LogP contribution in [-0.4, -0.2) is 48.8 Å². The van der Waals surface area contributed by atoms with Gasteiger partial charge in [0.05, 0.1) is 18.9 Å². The highest BCUT2D eigenvalue weighted by Crippen LogP contribution is 2.13. The van der Waals surface area contributed by atoms with Gasteiger partial charge in [0.15, 0.2) is 0 Å². The molecule has 1 fully saturated rings. The number of ether oxygens (including phenoxy) is 1. The second kappa shape index (κ2) is 7.94. The molecule has 0 amide bonds. The number of aromatic nitrogens is 1. The number of halogens is 1. The average molecular weight is 328 g/mol. The monoisotopic (exact) mass is 327 g/mol. The molecule has 2 heterocycles. The molecule has 1 N–H and O–H groups in total. The molecule has 1 aliphatic heterocycles. The molecule has 0 bridgehead atoms. The topological polar surface area (TPSA) is 37.4 Å². The van der Waals surface area contributed by atoms with Gasteiger partial charge in [-0.25, -0.2) is 0 Å². The van der Waals surface area contributed by atoms with Crippen LogP contribution in [0, 0.1) is 0 Å². The zero-order valence-electron chi connectivity index (χ0n) is 11.4. The summed E-state index contributed by atoms with van der Waals surface area (Å²) >= 11 is 3.42. The number of nitrogens with one attached hydrogen (secondary N) is 1. The highest BCUT2D eigenvalue weighted by Gasteiger charge is 2.22. The summed E-state index contributed by atoms with van der Waals surface area (Å²) in [5, 5.41) is 3.48. The van der Waals surface area contributed by atoms with Crippen molar-refractivity contribution >= 4 is 15.9 Å². The molecule has 0 radical (unpaired) electrons. The molecule has 0 spiro atoms. The number of hydrogen-bond acceptors (Lipinski definition) is 4. The van der Waals surface area contributed by atoms with E-state index < -0.39 is 0 Å². The van der Waals surface area contributed by atoms with Gasteiger partial charge in [-0.05, 0) is 41.0 Å². The normalized spacial score (nSPS) is 20.6. The predicted molar refractivity (Wildman–Crippen MR) is 80.1 cm³/mol. The van der Waals surface area contributed by atoms with Crippen LogP contribution in [0.15, 0.2) is 22.8 Å². The molecule has 1 aromatic heterocycles. The van der Waals surface area contributed by atoms with Gasteiger partial charge in [0.25, 0.3) is 0 Å². The van der Waals surface area contributed by atoms with E-state index in [0.717, 1.165) is 49.6 Å². The van der Waals surface area contributed by atoms with E-state index in [0.29, 0.717) is 6.04 Å². The first-order valence-electron chi connectivity index (χ1n) is 6.92. The van der Waals surface area contributed by atoms with Crippen molar-refractivity contribution in [2.45, 2.75) is 25.9 Å². The molecule has 0 aliphatic carbocycles. The predicted octanol–water partition coefficient (Wildman–Crippen LogP) is 2.04. The maximum Gasteiger partial charge on any atom is 0.0635 e. The van der Waals surface area contributed by atoms with Gasteiger partial charge < -0.3 is 10.1 Å². The van der Waals surface area contributed by atoms with Crippen LogP contribution in [0.2, 0.25) is 0 Å². The fraction of sp³-hybridized carbons (Fsp3) is 0.643. The molecule has 106 valence electrons. The van der Waals surface area contributed by atoms with E-state index in [-0.39, 0.29) is 0 Å². The van der Waals surface area contributed by atoms with Gasteiger partial charge in [0, 0.05) is 36.3 Å². The average Bonchev–Trinajstić information content (AvgIpc) is 2.43. The molecule has 4 nitrogen and oxygen atoms in total. The summed E-state index contributed by atoms with van der Waals surface area (Å²) in [7, 11) is 0. The van der Waals surface area contributed by atoms with Gasteiger partial charge in [0.1, 0.15) is 0 Å². The van der Waals surface area contributed by atoms with Crippen molar-refractivity contribution < 1.29 is 4.74 Å². The van der Waals surface area contributed by atoms with Crippen LogP contribution >= 0.6 is 15.9 Å². The van der Waals surface area contributed by atoms with E-state index in [4.69, 9.17) is 4.74 Å². The van der Waals surface area contributed by atoms with E-state index >= 15 is 0 Å². The third-order valence-electron chi connectivity index (χ3n) is 3.31. The zero-order chi connectivity index (χ0) is 13.5. The highest BCUT2D eigenvalue weighted by molar-refractivity contribution is 9.10. The standard InChI is InChI=1S/C14H22BrN3O/c1-2-5-16-9-14-11-19-7-6-18(14)10-13-4-3-12(15)8-17-13/h3-4,8,14,16H,2,5-7,9-11H2,1H3. The van der Waals surface area contributed by atoms with Gasteiger partial charge in [-0.15, -0.1) is 0 Å². The number of nitrogens with zero attached hydrogens (tertiary/aromatic N) is 2. The summed E-state index contributed by atoms with van der Waals surface area (Å²) in [6.07, 6.45) is 3.03. The minimum Gasteiger partial charge on any atom is -0.378 e. The Labute approximate surface area is 123 Å². The molecular formula is C14H22BrN3O. The minimum absolute atomic E-state index is 0.450. The molecule has 1 atom stereocenters. The first kappa shape index (κ1) is 14.9. The summed E-state index contributed by atoms with van der Waals surface area (Å²) in [5.74, 6) is 0. The Morgan fingerprint density at radius 3 is 3.16 bits per heavy atom. The molecule has 0 saturated carbocycles. The SMILES string of the molecule is CCCNCC1COCCN1Cc1ccc(Br)cn1. The highest BCUT2D eigenvalue weighted by atomic mass is 79.9. The smallest absolute Gasteiger partial charge is 0.0635 e.